The first-order valence-electron chi connectivity index (χ1n) is 8.16. The maximum Gasteiger partial charge on any atom is 0.491 e. The van der Waals surface area contributed by atoms with E-state index in [2.05, 4.69) is 21.6 Å². The fourth-order valence-electron chi connectivity index (χ4n) is 2.95. The van der Waals surface area contributed by atoms with Gasteiger partial charge in [-0.1, -0.05) is 6.58 Å². The van der Waals surface area contributed by atoms with Crippen molar-refractivity contribution in [3.05, 3.63) is 43.1 Å². The lowest BCUT2D eigenvalue weighted by Crippen LogP contribution is -2.38. The second kappa shape index (κ2) is 7.26. The molecular formula is C18H16F3N3O3. The molecule has 3 rings (SSSR count). The molecule has 1 N–H and O–H groups in total. The van der Waals surface area contributed by atoms with Crippen LogP contribution in [0.4, 0.5) is 24.7 Å². The van der Waals surface area contributed by atoms with Crippen molar-refractivity contribution < 1.29 is 27.5 Å². The summed E-state index contributed by atoms with van der Waals surface area (Å²) in [5.41, 5.74) is 0.547. The summed E-state index contributed by atoms with van der Waals surface area (Å²) in [6, 6.07) is 6.79. The van der Waals surface area contributed by atoms with Gasteiger partial charge in [0.25, 0.3) is 0 Å². The minimum atomic E-state index is -5.04. The summed E-state index contributed by atoms with van der Waals surface area (Å²) in [5.74, 6) is -2.15. The Balaban J connectivity index is 1.90. The Morgan fingerprint density at radius 1 is 1.33 bits per heavy atom. The highest BCUT2D eigenvalue weighted by molar-refractivity contribution is 6.01. The molecule has 0 spiro atoms. The van der Waals surface area contributed by atoms with Crippen molar-refractivity contribution in [2.24, 2.45) is 0 Å². The first kappa shape index (κ1) is 18.7. The van der Waals surface area contributed by atoms with Crippen LogP contribution < -0.4 is 10.2 Å². The van der Waals surface area contributed by atoms with Gasteiger partial charge in [0.15, 0.2) is 6.23 Å². The fraction of sp³-hybridized carbons (Fsp3) is 0.278. The van der Waals surface area contributed by atoms with Gasteiger partial charge in [-0.15, -0.1) is 0 Å². The normalized spacial score (nSPS) is 17.0. The van der Waals surface area contributed by atoms with Crippen LogP contribution in [0.25, 0.3) is 10.8 Å². The third-order valence-corrected chi connectivity index (χ3v) is 4.14. The lowest BCUT2D eigenvalue weighted by Gasteiger charge is -2.26. The molecule has 1 fully saturated rings. The van der Waals surface area contributed by atoms with Gasteiger partial charge in [-0.3, -0.25) is 4.79 Å². The van der Waals surface area contributed by atoms with Crippen LogP contribution in [0.15, 0.2) is 43.1 Å². The number of alkyl halides is 3. The van der Waals surface area contributed by atoms with Gasteiger partial charge in [0.05, 0.1) is 0 Å². The number of carbonyl (C=O) groups is 2. The molecule has 1 aromatic heterocycles. The number of fused-ring (bicyclic) bond motifs is 1. The fourth-order valence-corrected chi connectivity index (χ4v) is 2.95. The summed E-state index contributed by atoms with van der Waals surface area (Å²) >= 11 is 0. The average Bonchev–Trinajstić information content (AvgIpc) is 3.08. The number of aromatic nitrogens is 1. The summed E-state index contributed by atoms with van der Waals surface area (Å²) in [5, 5.41) is 4.04. The number of amides is 1. The number of anilines is 2. The van der Waals surface area contributed by atoms with Crippen LogP contribution in [-0.4, -0.2) is 35.8 Å². The van der Waals surface area contributed by atoms with E-state index in [1.807, 2.05) is 0 Å². The van der Waals surface area contributed by atoms with Gasteiger partial charge < -0.3 is 15.0 Å². The Hall–Kier alpha value is -3.10. The number of nitrogens with zero attached hydrogens (tertiary/aromatic N) is 2. The van der Waals surface area contributed by atoms with Crippen LogP contribution in [0.5, 0.6) is 0 Å². The van der Waals surface area contributed by atoms with E-state index in [1.165, 1.54) is 6.20 Å². The Morgan fingerprint density at radius 3 is 2.81 bits per heavy atom. The van der Waals surface area contributed by atoms with Crippen molar-refractivity contribution in [3.63, 3.8) is 0 Å². The van der Waals surface area contributed by atoms with Crippen LogP contribution in [0.2, 0.25) is 0 Å². The zero-order valence-corrected chi connectivity index (χ0v) is 14.1. The van der Waals surface area contributed by atoms with Crippen molar-refractivity contribution >= 4 is 34.2 Å². The molecule has 2 heterocycles. The first-order valence-corrected chi connectivity index (χ1v) is 8.16. The molecule has 0 radical (unpaired) electrons. The number of hydrogen-bond acceptors (Lipinski definition) is 5. The highest BCUT2D eigenvalue weighted by Crippen LogP contribution is 2.33. The smallest absolute Gasteiger partial charge is 0.435 e. The number of nitrogens with one attached hydrogen (secondary N) is 1. The Bertz CT molecular complexity index is 898. The molecule has 27 heavy (non-hydrogen) atoms. The molecule has 142 valence electrons. The van der Waals surface area contributed by atoms with E-state index in [-0.39, 0.29) is 12.3 Å². The van der Waals surface area contributed by atoms with Crippen LogP contribution in [0, 0.1) is 0 Å². The van der Waals surface area contributed by atoms with E-state index in [9.17, 15) is 22.8 Å². The molecule has 0 aliphatic carbocycles. The molecule has 1 aliphatic rings. The number of pyridine rings is 1. The Labute approximate surface area is 152 Å². The molecule has 9 heteroatoms. The molecule has 1 amide bonds. The van der Waals surface area contributed by atoms with Crippen LogP contribution >= 0.6 is 0 Å². The van der Waals surface area contributed by atoms with Crippen LogP contribution in [-0.2, 0) is 14.3 Å². The Kier molecular flexibility index (Phi) is 5.02. The molecule has 2 aromatic rings. The lowest BCUT2D eigenvalue weighted by molar-refractivity contribution is -0.204. The molecule has 6 nitrogen and oxygen atoms in total. The molecule has 1 aliphatic heterocycles. The van der Waals surface area contributed by atoms with Gasteiger partial charge in [0, 0.05) is 30.2 Å². The van der Waals surface area contributed by atoms with Gasteiger partial charge >= 0.3 is 12.1 Å². The molecular weight excluding hydrogens is 363 g/mol. The predicted octanol–water partition coefficient (Wildman–Crippen LogP) is 3.39. The van der Waals surface area contributed by atoms with E-state index in [0.717, 1.165) is 11.5 Å². The van der Waals surface area contributed by atoms with Gasteiger partial charge in [-0.2, -0.15) is 13.2 Å². The van der Waals surface area contributed by atoms with E-state index in [1.54, 1.807) is 29.2 Å². The van der Waals surface area contributed by atoms with Crippen molar-refractivity contribution in [1.82, 2.24) is 4.98 Å². The topological polar surface area (TPSA) is 71.5 Å². The molecule has 0 bridgehead atoms. The zero-order chi connectivity index (χ0) is 19.6. The second-order valence-corrected chi connectivity index (χ2v) is 5.96. The van der Waals surface area contributed by atoms with E-state index in [4.69, 9.17) is 0 Å². The van der Waals surface area contributed by atoms with Crippen LogP contribution in [0.1, 0.15) is 12.8 Å². The first-order chi connectivity index (χ1) is 12.8. The predicted molar refractivity (Wildman–Crippen MR) is 93.1 cm³/mol. The minimum Gasteiger partial charge on any atom is -0.435 e. The lowest BCUT2D eigenvalue weighted by atomic mass is 10.1. The average molecular weight is 379 g/mol. The third-order valence-electron chi connectivity index (χ3n) is 4.14. The van der Waals surface area contributed by atoms with E-state index >= 15 is 0 Å². The highest BCUT2D eigenvalue weighted by atomic mass is 19.4. The SMILES string of the molecule is C=CC(=O)Nc1ccc2c(N3CCCC3OC(=O)C(F)(F)F)nccc2c1. The number of carbonyl (C=O) groups excluding carboxylic acids is 2. The summed E-state index contributed by atoms with van der Waals surface area (Å²) in [4.78, 5) is 28.4. The largest absolute Gasteiger partial charge is 0.491 e. The van der Waals surface area contributed by atoms with Gasteiger partial charge in [0.1, 0.15) is 5.82 Å². The summed E-state index contributed by atoms with van der Waals surface area (Å²) in [7, 11) is 0. The number of ether oxygens (including phenoxy) is 1. The number of halogens is 3. The van der Waals surface area contributed by atoms with Crippen molar-refractivity contribution in [2.45, 2.75) is 25.2 Å². The molecule has 1 aromatic carbocycles. The standard InChI is InChI=1S/C18H16F3N3O3/c1-2-14(25)23-12-5-6-13-11(10-12)7-8-22-16(13)24-9-3-4-15(24)27-17(26)18(19,20)21/h2,5-8,10,15H,1,3-4,9H2,(H,23,25). The number of esters is 1. The highest BCUT2D eigenvalue weighted by Gasteiger charge is 2.44. The van der Waals surface area contributed by atoms with Crippen molar-refractivity contribution in [1.29, 1.82) is 0 Å². The van der Waals surface area contributed by atoms with Gasteiger partial charge in [-0.05, 0) is 42.1 Å². The Morgan fingerprint density at radius 2 is 2.11 bits per heavy atom. The molecule has 1 unspecified atom stereocenters. The van der Waals surface area contributed by atoms with Crippen molar-refractivity contribution in [2.75, 3.05) is 16.8 Å². The van der Waals surface area contributed by atoms with Gasteiger partial charge in [-0.25, -0.2) is 9.78 Å². The van der Waals surface area contributed by atoms with E-state index < -0.39 is 18.4 Å². The maximum atomic E-state index is 12.5. The van der Waals surface area contributed by atoms with Gasteiger partial charge in [0.2, 0.25) is 5.91 Å². The number of benzene rings is 1. The van der Waals surface area contributed by atoms with E-state index in [0.29, 0.717) is 29.9 Å². The summed E-state index contributed by atoms with van der Waals surface area (Å²) in [6.45, 7) is 3.80. The van der Waals surface area contributed by atoms with Crippen LogP contribution in [0.3, 0.4) is 0 Å². The maximum absolute atomic E-state index is 12.5. The number of hydrogen-bond donors (Lipinski definition) is 1. The zero-order valence-electron chi connectivity index (χ0n) is 14.1. The summed E-state index contributed by atoms with van der Waals surface area (Å²) < 4.78 is 42.2. The monoisotopic (exact) mass is 379 g/mol. The third kappa shape index (κ3) is 4.02. The molecule has 1 saturated heterocycles. The quantitative estimate of drug-likeness (QED) is 0.651. The summed E-state index contributed by atoms with van der Waals surface area (Å²) in [6.07, 6.45) is -2.56. The number of rotatable bonds is 4. The molecule has 0 saturated carbocycles. The van der Waals surface area contributed by atoms with Crippen molar-refractivity contribution in [3.8, 4) is 0 Å². The minimum absolute atomic E-state index is 0.285. The second-order valence-electron chi connectivity index (χ2n) is 5.96. The molecule has 1 atom stereocenters.